The molecule has 1 aromatic carbocycles. The maximum atomic E-state index is 12.8. The average Bonchev–Trinajstić information content (AvgIpc) is 2.55. The highest BCUT2D eigenvalue weighted by Gasteiger charge is 2.30. The second kappa shape index (κ2) is 7.06. The second-order valence-electron chi connectivity index (χ2n) is 5.79. The summed E-state index contributed by atoms with van der Waals surface area (Å²) in [5.74, 6) is 0.283. The molecule has 0 saturated carbocycles. The van der Waals surface area contributed by atoms with Gasteiger partial charge in [-0.3, -0.25) is 14.4 Å². The van der Waals surface area contributed by atoms with Crippen molar-refractivity contribution in [2.24, 2.45) is 0 Å². The van der Waals surface area contributed by atoms with Gasteiger partial charge in [0.25, 0.3) is 5.91 Å². The third-order valence-corrected chi connectivity index (χ3v) is 6.33. The van der Waals surface area contributed by atoms with E-state index < -0.39 is 5.97 Å². The molecule has 8 heteroatoms. The van der Waals surface area contributed by atoms with Gasteiger partial charge in [0.15, 0.2) is 0 Å². The van der Waals surface area contributed by atoms with Crippen LogP contribution < -0.4 is 5.32 Å². The average molecular weight is 366 g/mol. The summed E-state index contributed by atoms with van der Waals surface area (Å²) in [5, 5.41) is 11.7. The zero-order valence-electron chi connectivity index (χ0n) is 13.2. The monoisotopic (exact) mass is 366 g/mol. The largest absolute Gasteiger partial charge is 0.481 e. The number of hydrogen-bond donors (Lipinski definition) is 2. The van der Waals surface area contributed by atoms with E-state index in [4.69, 9.17) is 5.11 Å². The predicted molar refractivity (Wildman–Crippen MR) is 94.8 cm³/mol. The zero-order chi connectivity index (χ0) is 17.3. The molecule has 2 aliphatic heterocycles. The summed E-state index contributed by atoms with van der Waals surface area (Å²) in [6.45, 7) is 2.38. The van der Waals surface area contributed by atoms with Crippen molar-refractivity contribution in [3.63, 3.8) is 0 Å². The van der Waals surface area contributed by atoms with Gasteiger partial charge in [-0.15, -0.1) is 11.8 Å². The smallest absolute Gasteiger partial charge is 0.305 e. The number of nitrogens with one attached hydrogen (secondary N) is 1. The van der Waals surface area contributed by atoms with Crippen LogP contribution in [0.2, 0.25) is 0 Å². The summed E-state index contributed by atoms with van der Waals surface area (Å²) < 4.78 is 0. The third kappa shape index (κ3) is 3.54. The molecule has 1 saturated heterocycles. The quantitative estimate of drug-likeness (QED) is 0.852. The predicted octanol–water partition coefficient (Wildman–Crippen LogP) is 2.15. The molecule has 2 heterocycles. The minimum Gasteiger partial charge on any atom is -0.481 e. The molecule has 2 amide bonds. The number of nitrogens with zero attached hydrogens (tertiary/aromatic N) is 1. The maximum absolute atomic E-state index is 12.8. The van der Waals surface area contributed by atoms with Crippen LogP contribution in [0.25, 0.3) is 0 Å². The topological polar surface area (TPSA) is 86.7 Å². The number of amides is 2. The van der Waals surface area contributed by atoms with Crippen molar-refractivity contribution in [1.29, 1.82) is 0 Å². The van der Waals surface area contributed by atoms with Crippen molar-refractivity contribution in [2.45, 2.75) is 29.5 Å². The number of benzene rings is 1. The first-order chi connectivity index (χ1) is 11.5. The van der Waals surface area contributed by atoms with E-state index in [1.807, 2.05) is 13.0 Å². The van der Waals surface area contributed by atoms with Crippen LogP contribution in [0.15, 0.2) is 23.1 Å². The van der Waals surface area contributed by atoms with Gasteiger partial charge in [-0.1, -0.05) is 0 Å². The van der Waals surface area contributed by atoms with Crippen LogP contribution in [-0.2, 0) is 9.59 Å². The van der Waals surface area contributed by atoms with Crippen molar-refractivity contribution in [3.8, 4) is 0 Å². The highest BCUT2D eigenvalue weighted by atomic mass is 32.2. The van der Waals surface area contributed by atoms with Gasteiger partial charge in [-0.25, -0.2) is 0 Å². The number of thioether (sulfide) groups is 2. The van der Waals surface area contributed by atoms with Crippen LogP contribution >= 0.6 is 23.5 Å². The van der Waals surface area contributed by atoms with E-state index in [0.717, 1.165) is 10.6 Å². The van der Waals surface area contributed by atoms with Crippen molar-refractivity contribution < 1.29 is 19.5 Å². The Morgan fingerprint density at radius 2 is 2.21 bits per heavy atom. The van der Waals surface area contributed by atoms with Crippen LogP contribution in [-0.4, -0.2) is 57.1 Å². The summed E-state index contributed by atoms with van der Waals surface area (Å²) >= 11 is 3.13. The standard InChI is InChI=1S/C16H18N2O4S2/c1-9-15(21)17-12-6-10(2-3-13(12)24-9)16(22)18-4-5-23-8-11(18)7-14(19)20/h2-3,6,9,11H,4-5,7-8H2,1H3,(H,17,21)(H,19,20). The highest BCUT2D eigenvalue weighted by Crippen LogP contribution is 2.36. The first kappa shape index (κ1) is 17.2. The number of hydrogen-bond acceptors (Lipinski definition) is 5. The van der Waals surface area contributed by atoms with Crippen molar-refractivity contribution in [2.75, 3.05) is 23.4 Å². The molecule has 0 aromatic heterocycles. The molecule has 2 atom stereocenters. The van der Waals surface area contributed by atoms with E-state index in [2.05, 4.69) is 5.32 Å². The maximum Gasteiger partial charge on any atom is 0.305 e. The molecule has 6 nitrogen and oxygen atoms in total. The fourth-order valence-electron chi connectivity index (χ4n) is 2.80. The first-order valence-electron chi connectivity index (χ1n) is 7.68. The zero-order valence-corrected chi connectivity index (χ0v) is 14.8. The molecule has 0 aliphatic carbocycles. The van der Waals surface area contributed by atoms with E-state index in [9.17, 15) is 14.4 Å². The number of carbonyl (C=O) groups is 3. The summed E-state index contributed by atoms with van der Waals surface area (Å²) in [5.41, 5.74) is 1.13. The Hall–Kier alpha value is -1.67. The van der Waals surface area contributed by atoms with Crippen LogP contribution in [0.5, 0.6) is 0 Å². The summed E-state index contributed by atoms with van der Waals surface area (Å²) in [6.07, 6.45) is -0.0478. The molecule has 2 aliphatic rings. The van der Waals surface area contributed by atoms with Crippen molar-refractivity contribution in [1.82, 2.24) is 4.90 Å². The third-order valence-electron chi connectivity index (χ3n) is 4.06. The number of carboxylic acids is 1. The van der Waals surface area contributed by atoms with Gasteiger partial charge < -0.3 is 15.3 Å². The first-order valence-corrected chi connectivity index (χ1v) is 9.71. The van der Waals surface area contributed by atoms with E-state index in [1.165, 1.54) is 11.8 Å². The highest BCUT2D eigenvalue weighted by molar-refractivity contribution is 8.01. The van der Waals surface area contributed by atoms with E-state index in [-0.39, 0.29) is 29.5 Å². The fourth-order valence-corrected chi connectivity index (χ4v) is 4.79. The van der Waals surface area contributed by atoms with E-state index in [1.54, 1.807) is 28.8 Å². The Morgan fingerprint density at radius 1 is 1.42 bits per heavy atom. The molecule has 0 spiro atoms. The lowest BCUT2D eigenvalue weighted by atomic mass is 10.1. The van der Waals surface area contributed by atoms with E-state index >= 15 is 0 Å². The molecular weight excluding hydrogens is 348 g/mol. The Balaban J connectivity index is 1.83. The second-order valence-corrected chi connectivity index (χ2v) is 8.32. The summed E-state index contributed by atoms with van der Waals surface area (Å²) in [4.78, 5) is 38.3. The van der Waals surface area contributed by atoms with Crippen LogP contribution in [0.1, 0.15) is 23.7 Å². The molecule has 1 aromatic rings. The number of rotatable bonds is 3. The minimum absolute atomic E-state index is 0.0478. The van der Waals surface area contributed by atoms with Gasteiger partial charge in [0.2, 0.25) is 5.91 Å². The Morgan fingerprint density at radius 3 is 2.96 bits per heavy atom. The number of carboxylic acid groups (broad SMARTS) is 1. The number of aliphatic carboxylic acids is 1. The minimum atomic E-state index is -0.900. The van der Waals surface area contributed by atoms with Crippen molar-refractivity contribution >= 4 is 47.0 Å². The number of anilines is 1. The van der Waals surface area contributed by atoms with Crippen LogP contribution in [0.3, 0.4) is 0 Å². The molecule has 128 valence electrons. The molecular formula is C16H18N2O4S2. The van der Waals surface area contributed by atoms with E-state index in [0.29, 0.717) is 23.5 Å². The lowest BCUT2D eigenvalue weighted by Gasteiger charge is -2.35. The van der Waals surface area contributed by atoms with Gasteiger partial charge in [0.05, 0.1) is 23.4 Å². The Bertz CT molecular complexity index is 695. The van der Waals surface area contributed by atoms with Crippen LogP contribution in [0, 0.1) is 0 Å². The van der Waals surface area contributed by atoms with Gasteiger partial charge in [0, 0.05) is 28.5 Å². The number of fused-ring (bicyclic) bond motifs is 1. The molecule has 0 radical (unpaired) electrons. The molecule has 1 fully saturated rings. The lowest BCUT2D eigenvalue weighted by Crippen LogP contribution is -2.47. The van der Waals surface area contributed by atoms with Gasteiger partial charge in [-0.05, 0) is 25.1 Å². The summed E-state index contributed by atoms with van der Waals surface area (Å²) in [6, 6.07) is 4.98. The van der Waals surface area contributed by atoms with Gasteiger partial charge >= 0.3 is 5.97 Å². The molecule has 2 N–H and O–H groups in total. The van der Waals surface area contributed by atoms with Crippen molar-refractivity contribution in [3.05, 3.63) is 23.8 Å². The number of carbonyl (C=O) groups excluding carboxylic acids is 2. The molecule has 2 unspecified atom stereocenters. The summed E-state index contributed by atoms with van der Waals surface area (Å²) in [7, 11) is 0. The Labute approximate surface area is 148 Å². The fraction of sp³-hybridized carbons (Fsp3) is 0.438. The SMILES string of the molecule is CC1Sc2ccc(C(=O)N3CCSCC3CC(=O)O)cc2NC1=O. The normalized spacial score (nSPS) is 23.4. The van der Waals surface area contributed by atoms with Crippen LogP contribution in [0.4, 0.5) is 5.69 Å². The molecule has 3 rings (SSSR count). The molecule has 24 heavy (non-hydrogen) atoms. The van der Waals surface area contributed by atoms with Gasteiger partial charge in [-0.2, -0.15) is 11.8 Å². The lowest BCUT2D eigenvalue weighted by molar-refractivity contribution is -0.138. The Kier molecular flexibility index (Phi) is 5.05. The molecule has 0 bridgehead atoms. The van der Waals surface area contributed by atoms with Gasteiger partial charge in [0.1, 0.15) is 0 Å².